The molecule has 22 heavy (non-hydrogen) atoms. The maximum Gasteiger partial charge on any atom is 0.227 e. The molecule has 1 aliphatic heterocycles. The Morgan fingerprint density at radius 3 is 2.68 bits per heavy atom. The van der Waals surface area contributed by atoms with Gasteiger partial charge in [-0.1, -0.05) is 23.7 Å². The molecule has 0 saturated carbocycles. The zero-order valence-electron chi connectivity index (χ0n) is 12.6. The van der Waals surface area contributed by atoms with E-state index in [2.05, 4.69) is 10.2 Å². The van der Waals surface area contributed by atoms with E-state index in [0.717, 1.165) is 5.56 Å². The molecule has 1 aromatic carbocycles. The predicted octanol–water partition coefficient (Wildman–Crippen LogP) is 1.29. The number of carbonyl (C=O) groups is 1. The highest BCUT2D eigenvalue weighted by atomic mass is 35.5. The van der Waals surface area contributed by atoms with E-state index in [9.17, 15) is 13.2 Å². The van der Waals surface area contributed by atoms with E-state index in [0.29, 0.717) is 31.2 Å². The number of carbonyl (C=O) groups excluding carboxylic acids is 1. The highest BCUT2D eigenvalue weighted by molar-refractivity contribution is 7.91. The Kier molecular flexibility index (Phi) is 5.83. The molecule has 1 N–H and O–H groups in total. The Morgan fingerprint density at radius 2 is 2.05 bits per heavy atom. The second-order valence-corrected chi connectivity index (χ2v) is 8.30. The van der Waals surface area contributed by atoms with Crippen molar-refractivity contribution in [1.82, 2.24) is 10.2 Å². The van der Waals surface area contributed by atoms with Gasteiger partial charge in [0.05, 0.1) is 17.4 Å². The fourth-order valence-corrected chi connectivity index (χ4v) is 3.87. The van der Waals surface area contributed by atoms with Gasteiger partial charge in [0.1, 0.15) is 0 Å². The van der Waals surface area contributed by atoms with Crippen molar-refractivity contribution < 1.29 is 13.2 Å². The zero-order valence-corrected chi connectivity index (χ0v) is 14.2. The highest BCUT2D eigenvalue weighted by Crippen LogP contribution is 2.19. The summed E-state index contributed by atoms with van der Waals surface area (Å²) in [5, 5.41) is 3.51. The summed E-state index contributed by atoms with van der Waals surface area (Å²) < 4.78 is 22.7. The Bertz CT molecular complexity index is 619. The molecule has 0 aromatic heterocycles. The molecule has 1 heterocycles. The number of sulfone groups is 1. The summed E-state index contributed by atoms with van der Waals surface area (Å²) in [6, 6.07) is 7.28. The van der Waals surface area contributed by atoms with Crippen LogP contribution in [0.1, 0.15) is 18.4 Å². The normalized spacial score (nSPS) is 19.5. The minimum atomic E-state index is -2.85. The van der Waals surface area contributed by atoms with Crippen molar-refractivity contribution in [2.45, 2.75) is 12.8 Å². The van der Waals surface area contributed by atoms with Crippen molar-refractivity contribution in [3.63, 3.8) is 0 Å². The van der Waals surface area contributed by atoms with E-state index in [4.69, 9.17) is 11.6 Å². The van der Waals surface area contributed by atoms with Gasteiger partial charge < -0.3 is 5.32 Å². The smallest absolute Gasteiger partial charge is 0.227 e. The van der Waals surface area contributed by atoms with Gasteiger partial charge in [0.15, 0.2) is 9.84 Å². The van der Waals surface area contributed by atoms with Crippen molar-refractivity contribution in [2.24, 2.45) is 0 Å². The first-order valence-corrected chi connectivity index (χ1v) is 9.53. The Balaban J connectivity index is 1.76. The number of benzene rings is 1. The van der Waals surface area contributed by atoms with Crippen molar-refractivity contribution in [2.75, 3.05) is 37.7 Å². The van der Waals surface area contributed by atoms with E-state index in [1.807, 2.05) is 19.1 Å². The van der Waals surface area contributed by atoms with Gasteiger partial charge in [-0.15, -0.1) is 0 Å². The molecule has 0 radical (unpaired) electrons. The van der Waals surface area contributed by atoms with E-state index in [-0.39, 0.29) is 23.3 Å². The third kappa shape index (κ3) is 4.97. The molecule has 0 unspecified atom stereocenters. The molecule has 1 aliphatic rings. The van der Waals surface area contributed by atoms with Crippen molar-refractivity contribution >= 4 is 27.3 Å². The van der Waals surface area contributed by atoms with Crippen LogP contribution in [0.3, 0.4) is 0 Å². The summed E-state index contributed by atoms with van der Waals surface area (Å²) in [6.07, 6.45) is 0. The first-order chi connectivity index (χ1) is 10.4. The monoisotopic (exact) mass is 344 g/mol. The van der Waals surface area contributed by atoms with Crippen LogP contribution in [0.25, 0.3) is 0 Å². The summed E-state index contributed by atoms with van der Waals surface area (Å²) in [6.45, 7) is 4.12. The number of hydrogen-bond acceptors (Lipinski definition) is 4. The second kappa shape index (κ2) is 7.44. The average molecular weight is 345 g/mol. The van der Waals surface area contributed by atoms with Gasteiger partial charge in [0, 0.05) is 31.2 Å². The quantitative estimate of drug-likeness (QED) is 0.874. The molecule has 122 valence electrons. The number of hydrogen-bond donors (Lipinski definition) is 1. The van der Waals surface area contributed by atoms with Crippen LogP contribution in [0.5, 0.6) is 0 Å². The third-order valence-electron chi connectivity index (χ3n) is 3.91. The van der Waals surface area contributed by atoms with Gasteiger partial charge in [0.2, 0.25) is 5.91 Å². The topological polar surface area (TPSA) is 66.5 Å². The highest BCUT2D eigenvalue weighted by Gasteiger charge is 2.21. The van der Waals surface area contributed by atoms with Crippen LogP contribution in [0.4, 0.5) is 0 Å². The van der Waals surface area contributed by atoms with Gasteiger partial charge in [-0.2, -0.15) is 0 Å². The molecule has 1 saturated heterocycles. The molecule has 1 aromatic rings. The maximum absolute atomic E-state index is 12.1. The summed E-state index contributed by atoms with van der Waals surface area (Å²) >= 11 is 5.94. The predicted molar refractivity (Wildman–Crippen MR) is 88.0 cm³/mol. The SMILES string of the molecule is C[C@@H](C(=O)NCCN1CCS(=O)(=O)CC1)c1cccc(Cl)c1. The first kappa shape index (κ1) is 17.2. The molecule has 0 bridgehead atoms. The molecule has 7 heteroatoms. The fourth-order valence-electron chi connectivity index (χ4n) is 2.39. The molecule has 0 spiro atoms. The maximum atomic E-state index is 12.1. The van der Waals surface area contributed by atoms with Crippen LogP contribution in [-0.2, 0) is 14.6 Å². The lowest BCUT2D eigenvalue weighted by atomic mass is 10.0. The van der Waals surface area contributed by atoms with Crippen molar-refractivity contribution in [3.8, 4) is 0 Å². The van der Waals surface area contributed by atoms with E-state index in [1.54, 1.807) is 12.1 Å². The molecule has 1 fully saturated rings. The van der Waals surface area contributed by atoms with Gasteiger partial charge in [-0.05, 0) is 24.6 Å². The molecular formula is C15H21ClN2O3S. The second-order valence-electron chi connectivity index (χ2n) is 5.56. The van der Waals surface area contributed by atoms with E-state index < -0.39 is 9.84 Å². The van der Waals surface area contributed by atoms with Crippen LogP contribution in [-0.4, -0.2) is 56.9 Å². The van der Waals surface area contributed by atoms with Crippen molar-refractivity contribution in [1.29, 1.82) is 0 Å². The average Bonchev–Trinajstić information content (AvgIpc) is 2.48. The van der Waals surface area contributed by atoms with Crippen LogP contribution < -0.4 is 5.32 Å². The number of nitrogens with one attached hydrogen (secondary N) is 1. The molecule has 5 nitrogen and oxygen atoms in total. The summed E-state index contributed by atoms with van der Waals surface area (Å²) in [5.41, 5.74) is 0.883. The minimum Gasteiger partial charge on any atom is -0.354 e. The minimum absolute atomic E-state index is 0.0492. The lowest BCUT2D eigenvalue weighted by molar-refractivity contribution is -0.122. The van der Waals surface area contributed by atoms with Crippen molar-refractivity contribution in [3.05, 3.63) is 34.9 Å². The Morgan fingerprint density at radius 1 is 1.36 bits per heavy atom. The number of halogens is 1. The van der Waals surface area contributed by atoms with Crippen LogP contribution >= 0.6 is 11.6 Å². The fraction of sp³-hybridized carbons (Fsp3) is 0.533. The summed E-state index contributed by atoms with van der Waals surface area (Å²) in [4.78, 5) is 14.2. The number of nitrogens with zero attached hydrogens (tertiary/aromatic N) is 1. The van der Waals surface area contributed by atoms with Crippen LogP contribution in [0, 0.1) is 0 Å². The summed E-state index contributed by atoms with van der Waals surface area (Å²) in [7, 11) is -2.85. The van der Waals surface area contributed by atoms with Crippen LogP contribution in [0.2, 0.25) is 5.02 Å². The van der Waals surface area contributed by atoms with Gasteiger partial charge >= 0.3 is 0 Å². The molecule has 1 amide bonds. The van der Waals surface area contributed by atoms with E-state index >= 15 is 0 Å². The molecule has 0 aliphatic carbocycles. The Hall–Kier alpha value is -1.11. The molecular weight excluding hydrogens is 324 g/mol. The largest absolute Gasteiger partial charge is 0.354 e. The van der Waals surface area contributed by atoms with Gasteiger partial charge in [0.25, 0.3) is 0 Å². The zero-order chi connectivity index (χ0) is 16.2. The van der Waals surface area contributed by atoms with Gasteiger partial charge in [-0.3, -0.25) is 9.69 Å². The molecule has 2 rings (SSSR count). The number of amides is 1. The third-order valence-corrected chi connectivity index (χ3v) is 5.75. The van der Waals surface area contributed by atoms with Gasteiger partial charge in [-0.25, -0.2) is 8.42 Å². The molecule has 1 atom stereocenters. The Labute approximate surface area is 136 Å². The first-order valence-electron chi connectivity index (χ1n) is 7.33. The lowest BCUT2D eigenvalue weighted by Gasteiger charge is -2.26. The number of rotatable bonds is 5. The standard InChI is InChI=1S/C15H21ClN2O3S/c1-12(13-3-2-4-14(16)11-13)15(19)17-5-6-18-7-9-22(20,21)10-8-18/h2-4,11-12H,5-10H2,1H3,(H,17,19)/t12-/m1/s1. The summed E-state index contributed by atoms with van der Waals surface area (Å²) in [5.74, 6) is 0.104. The van der Waals surface area contributed by atoms with Crippen LogP contribution in [0.15, 0.2) is 24.3 Å². The van der Waals surface area contributed by atoms with E-state index in [1.165, 1.54) is 0 Å². The lowest BCUT2D eigenvalue weighted by Crippen LogP contribution is -2.44.